The summed E-state index contributed by atoms with van der Waals surface area (Å²) in [5.74, 6) is -1.09. The van der Waals surface area contributed by atoms with Crippen LogP contribution in [0.3, 0.4) is 0 Å². The number of benzene rings is 1. The van der Waals surface area contributed by atoms with Crippen molar-refractivity contribution in [1.29, 1.82) is 0 Å². The van der Waals surface area contributed by atoms with Crippen LogP contribution in [0.5, 0.6) is 17.2 Å². The van der Waals surface area contributed by atoms with E-state index in [0.717, 1.165) is 0 Å². The summed E-state index contributed by atoms with van der Waals surface area (Å²) in [6.45, 7) is 6.84. The first-order valence-corrected chi connectivity index (χ1v) is 12.9. The Balaban J connectivity index is 1.79. The minimum atomic E-state index is -1.18. The minimum Gasteiger partial charge on any atom is -0.493 e. The molecular weight excluding hydrogens is 524 g/mol. The van der Waals surface area contributed by atoms with Crippen LogP contribution in [0.15, 0.2) is 42.6 Å². The van der Waals surface area contributed by atoms with Crippen molar-refractivity contribution < 1.29 is 47.5 Å². The largest absolute Gasteiger partial charge is 0.493 e. The second-order valence-corrected chi connectivity index (χ2v) is 9.46. The van der Waals surface area contributed by atoms with E-state index in [2.05, 4.69) is 10.3 Å². The molecule has 12 nitrogen and oxygen atoms in total. The van der Waals surface area contributed by atoms with E-state index in [1.165, 1.54) is 26.3 Å². The van der Waals surface area contributed by atoms with Crippen LogP contribution in [0.1, 0.15) is 38.2 Å². The highest BCUT2D eigenvalue weighted by atomic mass is 16.7. The van der Waals surface area contributed by atoms with Gasteiger partial charge in [0.15, 0.2) is 29.3 Å². The van der Waals surface area contributed by atoms with E-state index in [-0.39, 0.29) is 36.3 Å². The normalized spacial score (nSPS) is 21.3. The monoisotopic (exact) mass is 560 g/mol. The molecule has 1 aliphatic rings. The number of carbonyl (C=O) groups excluding carboxylic acids is 3. The van der Waals surface area contributed by atoms with Gasteiger partial charge in [-0.3, -0.25) is 9.59 Å². The van der Waals surface area contributed by atoms with E-state index >= 15 is 0 Å². The number of rotatable bonds is 11. The lowest BCUT2D eigenvalue weighted by Crippen LogP contribution is -2.48. The Bertz CT molecular complexity index is 1130. The van der Waals surface area contributed by atoms with Gasteiger partial charge in [-0.1, -0.05) is 32.0 Å². The standard InChI is InChI=1S/C28H36N2O10/c1-17(2)13-36-23-15-35-14-21(28(33)39-18(3)25(23)40-20-9-7-6-8-10-20)30-27(32)24-26(38-16-37-19(4)31)22(34-5)11-12-29-24/h6-12,17-18,21,23,25H,13-16H2,1-5H3,(H,30,32)/t18-,21-,23-,25-/m0/s1. The molecule has 1 amide bonds. The molecule has 1 N–H and O–H groups in total. The van der Waals surface area contributed by atoms with E-state index in [9.17, 15) is 14.4 Å². The third kappa shape index (κ3) is 8.82. The zero-order valence-corrected chi connectivity index (χ0v) is 23.3. The molecule has 218 valence electrons. The Morgan fingerprint density at radius 3 is 2.58 bits per heavy atom. The first kappa shape index (κ1) is 30.6. The summed E-state index contributed by atoms with van der Waals surface area (Å²) < 4.78 is 39.4. The first-order chi connectivity index (χ1) is 19.2. The molecule has 1 aromatic heterocycles. The number of hydrogen-bond donors (Lipinski definition) is 1. The Kier molecular flexibility index (Phi) is 11.5. The fourth-order valence-electron chi connectivity index (χ4n) is 3.78. The molecule has 1 aromatic carbocycles. The van der Waals surface area contributed by atoms with Crippen LogP contribution in [0.2, 0.25) is 0 Å². The zero-order valence-electron chi connectivity index (χ0n) is 23.3. The number of methoxy groups -OCH3 is 1. The van der Waals surface area contributed by atoms with Crippen molar-refractivity contribution in [2.75, 3.05) is 33.7 Å². The Hall–Kier alpha value is -3.90. The number of ether oxygens (including phenoxy) is 7. The molecular formula is C28H36N2O10. The Morgan fingerprint density at radius 1 is 1.15 bits per heavy atom. The average molecular weight is 561 g/mol. The highest BCUT2D eigenvalue weighted by Crippen LogP contribution is 2.30. The first-order valence-electron chi connectivity index (χ1n) is 12.9. The maximum atomic E-state index is 13.2. The van der Waals surface area contributed by atoms with Crippen molar-refractivity contribution in [2.45, 2.75) is 52.0 Å². The predicted molar refractivity (Wildman–Crippen MR) is 141 cm³/mol. The van der Waals surface area contributed by atoms with Gasteiger partial charge in [0.05, 0.1) is 20.3 Å². The van der Waals surface area contributed by atoms with Crippen LogP contribution in [0.4, 0.5) is 0 Å². The molecule has 1 fully saturated rings. The molecule has 0 aliphatic carbocycles. The van der Waals surface area contributed by atoms with Crippen molar-refractivity contribution in [3.63, 3.8) is 0 Å². The number of para-hydroxylation sites is 1. The van der Waals surface area contributed by atoms with Crippen LogP contribution in [-0.2, 0) is 28.5 Å². The summed E-state index contributed by atoms with van der Waals surface area (Å²) in [5.41, 5.74) is -0.185. The van der Waals surface area contributed by atoms with E-state index in [1.807, 2.05) is 32.0 Å². The van der Waals surface area contributed by atoms with E-state index < -0.39 is 49.0 Å². The SMILES string of the molecule is COc1ccnc(C(=O)N[C@H]2COC[C@H](OCC(C)C)[C@@H](Oc3ccccc3)[C@H](C)OC2=O)c1OCOC(C)=O. The fourth-order valence-corrected chi connectivity index (χ4v) is 3.78. The summed E-state index contributed by atoms with van der Waals surface area (Å²) in [4.78, 5) is 41.6. The quantitative estimate of drug-likeness (QED) is 0.320. The van der Waals surface area contributed by atoms with Gasteiger partial charge in [-0.05, 0) is 25.0 Å². The number of hydrogen-bond acceptors (Lipinski definition) is 11. The van der Waals surface area contributed by atoms with Gasteiger partial charge in [-0.25, -0.2) is 9.78 Å². The summed E-state index contributed by atoms with van der Waals surface area (Å²) in [6.07, 6.45) is -0.639. The van der Waals surface area contributed by atoms with Crippen LogP contribution >= 0.6 is 0 Å². The number of carbonyl (C=O) groups is 3. The van der Waals surface area contributed by atoms with Crippen molar-refractivity contribution in [3.8, 4) is 17.2 Å². The topological polar surface area (TPSA) is 141 Å². The molecule has 0 radical (unpaired) electrons. The van der Waals surface area contributed by atoms with Crippen LogP contribution < -0.4 is 19.5 Å². The van der Waals surface area contributed by atoms with E-state index in [0.29, 0.717) is 12.4 Å². The molecule has 40 heavy (non-hydrogen) atoms. The lowest BCUT2D eigenvalue weighted by molar-refractivity contribution is -0.159. The fraction of sp³-hybridized carbons (Fsp3) is 0.500. The van der Waals surface area contributed by atoms with Gasteiger partial charge >= 0.3 is 11.9 Å². The predicted octanol–water partition coefficient (Wildman–Crippen LogP) is 2.54. The van der Waals surface area contributed by atoms with Gasteiger partial charge in [0.2, 0.25) is 6.79 Å². The number of aromatic nitrogens is 1. The van der Waals surface area contributed by atoms with Crippen molar-refractivity contribution in [2.24, 2.45) is 5.92 Å². The van der Waals surface area contributed by atoms with E-state index in [1.54, 1.807) is 19.1 Å². The molecule has 0 spiro atoms. The van der Waals surface area contributed by atoms with Crippen molar-refractivity contribution >= 4 is 17.8 Å². The summed E-state index contributed by atoms with van der Waals surface area (Å²) in [7, 11) is 1.38. The smallest absolute Gasteiger partial charge is 0.331 e. The number of nitrogens with one attached hydrogen (secondary N) is 1. The van der Waals surface area contributed by atoms with Gasteiger partial charge < -0.3 is 38.5 Å². The second kappa shape index (κ2) is 15.0. The molecule has 4 atom stereocenters. The number of pyridine rings is 1. The molecule has 2 aromatic rings. The summed E-state index contributed by atoms with van der Waals surface area (Å²) in [6, 6.07) is 9.44. The van der Waals surface area contributed by atoms with Gasteiger partial charge in [0, 0.05) is 25.8 Å². The highest BCUT2D eigenvalue weighted by Gasteiger charge is 2.37. The van der Waals surface area contributed by atoms with Gasteiger partial charge in [-0.2, -0.15) is 0 Å². The van der Waals surface area contributed by atoms with Crippen molar-refractivity contribution in [3.05, 3.63) is 48.3 Å². The molecule has 12 heteroatoms. The van der Waals surface area contributed by atoms with Gasteiger partial charge in [-0.15, -0.1) is 0 Å². The van der Waals surface area contributed by atoms with Gasteiger partial charge in [0.1, 0.15) is 18.0 Å². The maximum Gasteiger partial charge on any atom is 0.331 e. The average Bonchev–Trinajstić information content (AvgIpc) is 2.97. The third-order valence-electron chi connectivity index (χ3n) is 5.72. The number of amides is 1. The lowest BCUT2D eigenvalue weighted by Gasteiger charge is -2.31. The van der Waals surface area contributed by atoms with Crippen LogP contribution in [-0.4, -0.2) is 80.9 Å². The molecule has 0 saturated carbocycles. The third-order valence-corrected chi connectivity index (χ3v) is 5.72. The molecule has 1 saturated heterocycles. The van der Waals surface area contributed by atoms with Crippen LogP contribution in [0, 0.1) is 5.92 Å². The van der Waals surface area contributed by atoms with Gasteiger partial charge in [0.25, 0.3) is 5.91 Å². The highest BCUT2D eigenvalue weighted by molar-refractivity contribution is 5.98. The second-order valence-electron chi connectivity index (χ2n) is 9.46. The maximum absolute atomic E-state index is 13.2. The zero-order chi connectivity index (χ0) is 29.1. The molecule has 2 heterocycles. The molecule has 0 unspecified atom stereocenters. The number of nitrogens with zero attached hydrogens (tertiary/aromatic N) is 1. The summed E-state index contributed by atoms with van der Waals surface area (Å²) in [5, 5.41) is 2.60. The molecule has 0 bridgehead atoms. The Morgan fingerprint density at radius 2 is 1.90 bits per heavy atom. The number of cyclic esters (lactones) is 1. The van der Waals surface area contributed by atoms with Crippen molar-refractivity contribution in [1.82, 2.24) is 10.3 Å². The molecule has 1 aliphatic heterocycles. The summed E-state index contributed by atoms with van der Waals surface area (Å²) >= 11 is 0. The minimum absolute atomic E-state index is 0.0621. The van der Waals surface area contributed by atoms with E-state index in [4.69, 9.17) is 33.2 Å². The Labute approximate surface area is 233 Å². The molecule has 3 rings (SSSR count). The number of esters is 2. The lowest BCUT2D eigenvalue weighted by atomic mass is 10.1. The van der Waals surface area contributed by atoms with Crippen LogP contribution in [0.25, 0.3) is 0 Å².